The predicted octanol–water partition coefficient (Wildman–Crippen LogP) is 3.87. The number of carbonyl (C=O) groups excluding carboxylic acids is 1. The fourth-order valence-corrected chi connectivity index (χ4v) is 3.12. The molecule has 0 aliphatic rings. The van der Waals surface area contributed by atoms with Gasteiger partial charge < -0.3 is 5.73 Å². The average Bonchev–Trinajstić information content (AvgIpc) is 2.72. The third kappa shape index (κ3) is 3.38. The zero-order chi connectivity index (χ0) is 20.6. The first-order valence-electron chi connectivity index (χ1n) is 8.38. The number of carbonyl (C=O) groups is 1. The molecule has 0 atom stereocenters. The van der Waals surface area contributed by atoms with E-state index in [1.54, 1.807) is 18.2 Å². The lowest BCUT2D eigenvalue weighted by molar-refractivity contribution is -0.136. The van der Waals surface area contributed by atoms with Crippen LogP contribution in [0.1, 0.15) is 16.1 Å². The third-order valence-corrected chi connectivity index (χ3v) is 4.32. The van der Waals surface area contributed by atoms with Gasteiger partial charge in [-0.25, -0.2) is 19.9 Å². The summed E-state index contributed by atoms with van der Waals surface area (Å²) in [6.07, 6.45) is 0.236. The lowest BCUT2D eigenvalue weighted by atomic mass is 9.91. The molecule has 0 radical (unpaired) electrons. The van der Waals surface area contributed by atoms with Crippen molar-refractivity contribution in [2.24, 2.45) is 5.73 Å². The number of fused-ring (bicyclic) bond motifs is 1. The molecule has 0 aliphatic carbocycles. The molecular formula is C20H12F3N5O. The predicted molar refractivity (Wildman–Crippen MR) is 99.5 cm³/mol. The van der Waals surface area contributed by atoms with Gasteiger partial charge in [0.05, 0.1) is 5.56 Å². The number of pyridine rings is 2. The molecule has 3 heterocycles. The van der Waals surface area contributed by atoms with Crippen molar-refractivity contribution in [2.45, 2.75) is 6.18 Å². The number of primary amides is 1. The number of hydrogen-bond acceptors (Lipinski definition) is 5. The number of alkyl halides is 3. The Morgan fingerprint density at radius 1 is 0.931 bits per heavy atom. The maximum Gasteiger partial charge on any atom is 0.417 e. The maximum absolute atomic E-state index is 14.2. The summed E-state index contributed by atoms with van der Waals surface area (Å²) in [6.45, 7) is 0. The number of amides is 1. The Bertz CT molecular complexity index is 1230. The molecule has 0 fully saturated rings. The van der Waals surface area contributed by atoms with E-state index in [4.69, 9.17) is 5.73 Å². The van der Waals surface area contributed by atoms with Crippen LogP contribution in [-0.2, 0) is 6.18 Å². The smallest absolute Gasteiger partial charge is 0.364 e. The largest absolute Gasteiger partial charge is 0.417 e. The Kier molecular flexibility index (Phi) is 4.42. The maximum atomic E-state index is 14.2. The third-order valence-electron chi connectivity index (χ3n) is 4.32. The molecule has 29 heavy (non-hydrogen) atoms. The second-order valence-electron chi connectivity index (χ2n) is 6.16. The first kappa shape index (κ1) is 18.5. The summed E-state index contributed by atoms with van der Waals surface area (Å²) in [7, 11) is 0. The lowest BCUT2D eigenvalue weighted by Gasteiger charge is -2.19. The zero-order valence-corrected chi connectivity index (χ0v) is 14.7. The first-order chi connectivity index (χ1) is 13.9. The highest BCUT2D eigenvalue weighted by Gasteiger charge is 2.39. The lowest BCUT2D eigenvalue weighted by Crippen LogP contribution is -2.19. The number of hydrogen-bond donors (Lipinski definition) is 1. The Hall–Kier alpha value is -3.88. The van der Waals surface area contributed by atoms with E-state index in [1.165, 1.54) is 36.9 Å². The monoisotopic (exact) mass is 395 g/mol. The van der Waals surface area contributed by atoms with Gasteiger partial charge in [-0.1, -0.05) is 30.3 Å². The fraction of sp³-hybridized carbons (Fsp3) is 0.0500. The normalized spacial score (nSPS) is 11.6. The molecule has 144 valence electrons. The molecule has 1 amide bonds. The SMILES string of the molecule is NC(=O)c1ncc(-c2cnc3ncncc3c2)c(C(F)(F)F)c1-c1ccccc1. The van der Waals surface area contributed by atoms with E-state index in [2.05, 4.69) is 19.9 Å². The van der Waals surface area contributed by atoms with Crippen molar-refractivity contribution in [3.8, 4) is 22.3 Å². The molecule has 1 aromatic carbocycles. The highest BCUT2D eigenvalue weighted by molar-refractivity contribution is 6.00. The molecule has 0 saturated carbocycles. The van der Waals surface area contributed by atoms with Crippen LogP contribution in [-0.4, -0.2) is 25.8 Å². The summed E-state index contributed by atoms with van der Waals surface area (Å²) in [5.41, 5.74) is 3.97. The topological polar surface area (TPSA) is 94.7 Å². The Labute approximate surface area is 162 Å². The fourth-order valence-electron chi connectivity index (χ4n) is 3.12. The number of rotatable bonds is 3. The molecule has 4 aromatic rings. The highest BCUT2D eigenvalue weighted by atomic mass is 19.4. The molecule has 3 aromatic heterocycles. The molecule has 0 unspecified atom stereocenters. The Balaban J connectivity index is 2.08. The standard InChI is InChI=1S/C20H12F3N5O/c21-20(22,23)16-14(12-6-13-7-25-10-28-19(13)27-8-12)9-26-17(18(24)29)15(16)11-4-2-1-3-5-11/h1-10H,(H2,24,29). The number of nitrogens with two attached hydrogens (primary N) is 1. The molecule has 4 rings (SSSR count). The van der Waals surface area contributed by atoms with Crippen LogP contribution in [0, 0.1) is 0 Å². The summed E-state index contributed by atoms with van der Waals surface area (Å²) >= 11 is 0. The van der Waals surface area contributed by atoms with Crippen LogP contribution in [0.25, 0.3) is 33.3 Å². The molecular weight excluding hydrogens is 383 g/mol. The second kappa shape index (κ2) is 6.93. The number of nitrogens with zero attached hydrogens (tertiary/aromatic N) is 4. The van der Waals surface area contributed by atoms with Gasteiger partial charge >= 0.3 is 6.18 Å². The Morgan fingerprint density at radius 2 is 1.69 bits per heavy atom. The average molecular weight is 395 g/mol. The van der Waals surface area contributed by atoms with E-state index in [0.717, 1.165) is 6.20 Å². The van der Waals surface area contributed by atoms with Crippen LogP contribution in [0.5, 0.6) is 0 Å². The van der Waals surface area contributed by atoms with Crippen molar-refractivity contribution in [2.75, 3.05) is 0 Å². The quantitative estimate of drug-likeness (QED) is 0.568. The minimum absolute atomic E-state index is 0.167. The number of halogens is 3. The van der Waals surface area contributed by atoms with Gasteiger partial charge in [0.15, 0.2) is 5.65 Å². The minimum atomic E-state index is -4.78. The van der Waals surface area contributed by atoms with Gasteiger partial charge in [0, 0.05) is 40.7 Å². The van der Waals surface area contributed by atoms with Crippen LogP contribution < -0.4 is 5.73 Å². The van der Waals surface area contributed by atoms with E-state index >= 15 is 0 Å². The molecule has 0 bridgehead atoms. The van der Waals surface area contributed by atoms with Gasteiger partial charge in [-0.05, 0) is 11.6 Å². The van der Waals surface area contributed by atoms with E-state index in [9.17, 15) is 18.0 Å². The number of benzene rings is 1. The van der Waals surface area contributed by atoms with Gasteiger partial charge in [-0.15, -0.1) is 0 Å². The zero-order valence-electron chi connectivity index (χ0n) is 14.7. The highest BCUT2D eigenvalue weighted by Crippen LogP contribution is 2.44. The van der Waals surface area contributed by atoms with Crippen LogP contribution in [0.3, 0.4) is 0 Å². The van der Waals surface area contributed by atoms with Crippen molar-refractivity contribution >= 4 is 16.9 Å². The van der Waals surface area contributed by atoms with E-state index in [-0.39, 0.29) is 22.3 Å². The van der Waals surface area contributed by atoms with Crippen molar-refractivity contribution in [1.82, 2.24) is 19.9 Å². The van der Waals surface area contributed by atoms with Crippen LogP contribution >= 0.6 is 0 Å². The summed E-state index contributed by atoms with van der Waals surface area (Å²) in [6, 6.07) is 9.23. The molecule has 6 nitrogen and oxygen atoms in total. The van der Waals surface area contributed by atoms with Crippen molar-refractivity contribution in [1.29, 1.82) is 0 Å². The molecule has 2 N–H and O–H groups in total. The van der Waals surface area contributed by atoms with Crippen LogP contribution in [0.2, 0.25) is 0 Å². The van der Waals surface area contributed by atoms with Crippen LogP contribution in [0.15, 0.2) is 61.3 Å². The molecule has 9 heteroatoms. The Morgan fingerprint density at radius 3 is 2.38 bits per heavy atom. The second-order valence-corrected chi connectivity index (χ2v) is 6.16. The van der Waals surface area contributed by atoms with Gasteiger partial charge in [-0.2, -0.15) is 13.2 Å². The first-order valence-corrected chi connectivity index (χ1v) is 8.38. The summed E-state index contributed by atoms with van der Waals surface area (Å²) < 4.78 is 42.6. The van der Waals surface area contributed by atoms with E-state index in [1.807, 2.05) is 0 Å². The van der Waals surface area contributed by atoms with Gasteiger partial charge in [-0.3, -0.25) is 4.79 Å². The van der Waals surface area contributed by atoms with Crippen molar-refractivity contribution in [3.63, 3.8) is 0 Å². The molecule has 0 saturated heterocycles. The van der Waals surface area contributed by atoms with Crippen LogP contribution in [0.4, 0.5) is 13.2 Å². The summed E-state index contributed by atoms with van der Waals surface area (Å²) in [5.74, 6) is -1.05. The van der Waals surface area contributed by atoms with Crippen molar-refractivity contribution < 1.29 is 18.0 Å². The summed E-state index contributed by atoms with van der Waals surface area (Å²) in [5, 5.41) is 0.471. The van der Waals surface area contributed by atoms with E-state index in [0.29, 0.717) is 11.0 Å². The minimum Gasteiger partial charge on any atom is -0.364 e. The van der Waals surface area contributed by atoms with Gasteiger partial charge in [0.25, 0.3) is 5.91 Å². The van der Waals surface area contributed by atoms with Crippen molar-refractivity contribution in [3.05, 3.63) is 72.6 Å². The summed E-state index contributed by atoms with van der Waals surface area (Å²) in [4.78, 5) is 27.8. The number of aromatic nitrogens is 4. The van der Waals surface area contributed by atoms with Gasteiger partial charge in [0.1, 0.15) is 12.0 Å². The van der Waals surface area contributed by atoms with E-state index < -0.39 is 23.3 Å². The van der Waals surface area contributed by atoms with Gasteiger partial charge in [0.2, 0.25) is 0 Å². The molecule has 0 aliphatic heterocycles. The molecule has 0 spiro atoms.